The molecule has 1 unspecified atom stereocenters. The minimum atomic E-state index is -0.935. The standard InChI is InChI=1S/C14H14FNO2/c1-18-13-7-4-6-11(14(13)15)12(17)9-10-5-2-3-8-16-10/h2-8,12,17H,9H2,1H3. The van der Waals surface area contributed by atoms with Crippen molar-refractivity contribution in [1.82, 2.24) is 4.98 Å². The van der Waals surface area contributed by atoms with Crippen molar-refractivity contribution in [2.24, 2.45) is 0 Å². The molecule has 0 amide bonds. The Kier molecular flexibility index (Phi) is 3.89. The highest BCUT2D eigenvalue weighted by Gasteiger charge is 2.16. The fourth-order valence-electron chi connectivity index (χ4n) is 1.77. The highest BCUT2D eigenvalue weighted by molar-refractivity contribution is 5.32. The number of nitrogens with zero attached hydrogens (tertiary/aromatic N) is 1. The van der Waals surface area contributed by atoms with Crippen molar-refractivity contribution < 1.29 is 14.2 Å². The first kappa shape index (κ1) is 12.5. The fourth-order valence-corrected chi connectivity index (χ4v) is 1.77. The second kappa shape index (κ2) is 5.60. The minimum absolute atomic E-state index is 0.132. The van der Waals surface area contributed by atoms with Gasteiger partial charge < -0.3 is 9.84 Å². The molecular weight excluding hydrogens is 233 g/mol. The zero-order valence-electron chi connectivity index (χ0n) is 10.0. The molecule has 4 heteroatoms. The van der Waals surface area contributed by atoms with Gasteiger partial charge in [-0.1, -0.05) is 18.2 Å². The third-order valence-electron chi connectivity index (χ3n) is 2.70. The van der Waals surface area contributed by atoms with Crippen LogP contribution in [0.25, 0.3) is 0 Å². The first-order chi connectivity index (χ1) is 8.72. The molecule has 1 heterocycles. The maximum absolute atomic E-state index is 13.9. The van der Waals surface area contributed by atoms with E-state index in [1.165, 1.54) is 13.2 Å². The molecule has 3 nitrogen and oxygen atoms in total. The van der Waals surface area contributed by atoms with Crippen molar-refractivity contribution in [2.75, 3.05) is 7.11 Å². The molecule has 0 aliphatic heterocycles. The maximum Gasteiger partial charge on any atom is 0.170 e. The molecule has 1 aromatic heterocycles. The van der Waals surface area contributed by atoms with Crippen LogP contribution in [0.15, 0.2) is 42.6 Å². The molecule has 1 aromatic carbocycles. The number of methoxy groups -OCH3 is 1. The Morgan fingerprint density at radius 2 is 2.11 bits per heavy atom. The van der Waals surface area contributed by atoms with Gasteiger partial charge in [0, 0.05) is 23.9 Å². The van der Waals surface area contributed by atoms with E-state index in [1.54, 1.807) is 30.5 Å². The lowest BCUT2D eigenvalue weighted by Crippen LogP contribution is -2.06. The molecule has 0 radical (unpaired) electrons. The van der Waals surface area contributed by atoms with Gasteiger partial charge in [0.25, 0.3) is 0 Å². The van der Waals surface area contributed by atoms with Gasteiger partial charge >= 0.3 is 0 Å². The van der Waals surface area contributed by atoms with Crippen LogP contribution in [0.4, 0.5) is 4.39 Å². The van der Waals surface area contributed by atoms with E-state index in [1.807, 2.05) is 6.07 Å². The Morgan fingerprint density at radius 3 is 2.78 bits per heavy atom. The predicted octanol–water partition coefficient (Wildman–Crippen LogP) is 2.51. The Labute approximate surface area is 105 Å². The van der Waals surface area contributed by atoms with Crippen LogP contribution in [-0.4, -0.2) is 17.2 Å². The average molecular weight is 247 g/mol. The zero-order chi connectivity index (χ0) is 13.0. The summed E-state index contributed by atoms with van der Waals surface area (Å²) in [5.74, 6) is -0.393. The van der Waals surface area contributed by atoms with Crippen LogP contribution >= 0.6 is 0 Å². The van der Waals surface area contributed by atoms with Gasteiger partial charge in [-0.3, -0.25) is 4.98 Å². The number of aliphatic hydroxyl groups excluding tert-OH is 1. The van der Waals surface area contributed by atoms with E-state index in [-0.39, 0.29) is 17.7 Å². The largest absolute Gasteiger partial charge is 0.494 e. The summed E-state index contributed by atoms with van der Waals surface area (Å²) in [4.78, 5) is 4.10. The topological polar surface area (TPSA) is 42.4 Å². The van der Waals surface area contributed by atoms with Crippen molar-refractivity contribution in [3.05, 3.63) is 59.7 Å². The summed E-state index contributed by atoms with van der Waals surface area (Å²) in [6.45, 7) is 0. The summed E-state index contributed by atoms with van der Waals surface area (Å²) >= 11 is 0. The predicted molar refractivity (Wildman–Crippen MR) is 65.9 cm³/mol. The van der Waals surface area contributed by atoms with Crippen molar-refractivity contribution in [3.63, 3.8) is 0 Å². The fraction of sp³-hybridized carbons (Fsp3) is 0.214. The lowest BCUT2D eigenvalue weighted by Gasteiger charge is -2.13. The Balaban J connectivity index is 2.21. The molecule has 1 N–H and O–H groups in total. The van der Waals surface area contributed by atoms with E-state index in [4.69, 9.17) is 4.74 Å². The van der Waals surface area contributed by atoms with E-state index in [0.29, 0.717) is 5.69 Å². The molecule has 1 atom stereocenters. The van der Waals surface area contributed by atoms with Crippen molar-refractivity contribution >= 4 is 0 Å². The van der Waals surface area contributed by atoms with Crippen LogP contribution in [-0.2, 0) is 6.42 Å². The van der Waals surface area contributed by atoms with Gasteiger partial charge in [0.1, 0.15) is 0 Å². The second-order valence-electron chi connectivity index (χ2n) is 3.90. The molecule has 0 saturated carbocycles. The number of aliphatic hydroxyl groups is 1. The van der Waals surface area contributed by atoms with Crippen molar-refractivity contribution in [2.45, 2.75) is 12.5 Å². The first-order valence-electron chi connectivity index (χ1n) is 5.62. The van der Waals surface area contributed by atoms with Gasteiger partial charge in [-0.15, -0.1) is 0 Å². The van der Waals surface area contributed by atoms with E-state index >= 15 is 0 Å². The van der Waals surface area contributed by atoms with E-state index in [0.717, 1.165) is 0 Å². The molecule has 0 aliphatic carbocycles. The molecule has 0 fully saturated rings. The number of rotatable bonds is 4. The number of hydrogen-bond donors (Lipinski definition) is 1. The van der Waals surface area contributed by atoms with Crippen molar-refractivity contribution in [3.8, 4) is 5.75 Å². The number of benzene rings is 1. The first-order valence-corrected chi connectivity index (χ1v) is 5.62. The Bertz CT molecular complexity index is 516. The monoisotopic (exact) mass is 247 g/mol. The summed E-state index contributed by atoms with van der Waals surface area (Å²) in [5.41, 5.74) is 0.937. The third kappa shape index (κ3) is 2.65. The number of halogens is 1. The van der Waals surface area contributed by atoms with E-state index in [2.05, 4.69) is 4.98 Å². The van der Waals surface area contributed by atoms with Gasteiger partial charge in [-0.2, -0.15) is 0 Å². The number of ether oxygens (including phenoxy) is 1. The van der Waals surface area contributed by atoms with Crippen molar-refractivity contribution in [1.29, 1.82) is 0 Å². The van der Waals surface area contributed by atoms with Crippen LogP contribution in [0.5, 0.6) is 5.75 Å². The highest BCUT2D eigenvalue weighted by Crippen LogP contribution is 2.26. The van der Waals surface area contributed by atoms with Crippen LogP contribution in [0.1, 0.15) is 17.4 Å². The van der Waals surface area contributed by atoms with Crippen LogP contribution in [0.2, 0.25) is 0 Å². The van der Waals surface area contributed by atoms with Crippen LogP contribution < -0.4 is 4.74 Å². The van der Waals surface area contributed by atoms with E-state index in [9.17, 15) is 9.50 Å². The summed E-state index contributed by atoms with van der Waals surface area (Å²) in [6.07, 6.45) is 0.976. The highest BCUT2D eigenvalue weighted by atomic mass is 19.1. The van der Waals surface area contributed by atoms with Gasteiger partial charge in [0.05, 0.1) is 13.2 Å². The van der Waals surface area contributed by atoms with Crippen LogP contribution in [0.3, 0.4) is 0 Å². The number of aromatic nitrogens is 1. The number of hydrogen-bond acceptors (Lipinski definition) is 3. The quantitative estimate of drug-likeness (QED) is 0.902. The van der Waals surface area contributed by atoms with Gasteiger partial charge in [-0.05, 0) is 18.2 Å². The van der Waals surface area contributed by atoms with Gasteiger partial charge in [0.2, 0.25) is 0 Å². The average Bonchev–Trinajstić information content (AvgIpc) is 2.40. The molecule has 2 aromatic rings. The summed E-state index contributed by atoms with van der Waals surface area (Å²) in [5, 5.41) is 10.0. The molecule has 2 rings (SSSR count). The normalized spacial score (nSPS) is 12.2. The molecule has 18 heavy (non-hydrogen) atoms. The second-order valence-corrected chi connectivity index (χ2v) is 3.90. The third-order valence-corrected chi connectivity index (χ3v) is 2.70. The summed E-state index contributed by atoms with van der Waals surface area (Å²) in [7, 11) is 1.40. The minimum Gasteiger partial charge on any atom is -0.494 e. The molecule has 0 aliphatic rings. The van der Waals surface area contributed by atoms with Gasteiger partial charge in [-0.25, -0.2) is 4.39 Å². The Hall–Kier alpha value is -1.94. The smallest absolute Gasteiger partial charge is 0.170 e. The van der Waals surface area contributed by atoms with E-state index < -0.39 is 11.9 Å². The molecular formula is C14H14FNO2. The summed E-state index contributed by atoms with van der Waals surface area (Å²) < 4.78 is 18.8. The SMILES string of the molecule is COc1cccc(C(O)Cc2ccccn2)c1F. The molecule has 0 spiro atoms. The molecule has 0 bridgehead atoms. The molecule has 0 saturated heterocycles. The van der Waals surface area contributed by atoms with Crippen LogP contribution in [0, 0.1) is 5.82 Å². The Morgan fingerprint density at radius 1 is 1.28 bits per heavy atom. The number of pyridine rings is 1. The lowest BCUT2D eigenvalue weighted by molar-refractivity contribution is 0.171. The summed E-state index contributed by atoms with van der Waals surface area (Å²) in [6, 6.07) is 10.1. The molecule has 94 valence electrons. The maximum atomic E-state index is 13.9. The zero-order valence-corrected chi connectivity index (χ0v) is 10.0. The lowest BCUT2D eigenvalue weighted by atomic mass is 10.0. The van der Waals surface area contributed by atoms with Gasteiger partial charge in [0.15, 0.2) is 11.6 Å².